The summed E-state index contributed by atoms with van der Waals surface area (Å²) < 4.78 is 5.97. The maximum atomic E-state index is 11.0. The summed E-state index contributed by atoms with van der Waals surface area (Å²) in [6.45, 7) is 4.94. The van der Waals surface area contributed by atoms with Gasteiger partial charge in [0, 0.05) is 22.7 Å². The molecular weight excluding hydrogens is 349 g/mol. The van der Waals surface area contributed by atoms with Gasteiger partial charge in [0.25, 0.3) is 0 Å². The first kappa shape index (κ1) is 22.0. The van der Waals surface area contributed by atoms with Crippen molar-refractivity contribution in [3.05, 3.63) is 58.4 Å². The topological polar surface area (TPSA) is 62.2 Å². The standard InChI is InChI=1S/C19H22ClNO3.Na/c1-3-13(4-2)12-24-18-9-8-15(20)10-14(18)11-16-6-5-7-17(21-16)19(22)23;/h5-10,13H,3-4,11-12H2,1-2H3,(H,22,23);/q;+1/p-1. The molecule has 1 heterocycles. The summed E-state index contributed by atoms with van der Waals surface area (Å²) in [5, 5.41) is 11.6. The first-order valence-electron chi connectivity index (χ1n) is 8.12. The fourth-order valence-corrected chi connectivity index (χ4v) is 2.64. The average Bonchev–Trinajstić information content (AvgIpc) is 2.57. The third-order valence-electron chi connectivity index (χ3n) is 4.04. The zero-order chi connectivity index (χ0) is 17.5. The van der Waals surface area contributed by atoms with E-state index in [1.165, 1.54) is 6.07 Å². The van der Waals surface area contributed by atoms with Gasteiger partial charge in [-0.2, -0.15) is 0 Å². The van der Waals surface area contributed by atoms with Crippen molar-refractivity contribution in [2.75, 3.05) is 6.61 Å². The van der Waals surface area contributed by atoms with Crippen molar-refractivity contribution >= 4 is 17.6 Å². The summed E-state index contributed by atoms with van der Waals surface area (Å²) in [5.74, 6) is -0.0202. The van der Waals surface area contributed by atoms with Gasteiger partial charge in [-0.25, -0.2) is 0 Å². The third kappa shape index (κ3) is 6.63. The number of nitrogens with zero attached hydrogens (tertiary/aromatic N) is 1. The number of aromatic carboxylic acids is 1. The molecule has 6 heteroatoms. The molecule has 0 aliphatic carbocycles. The van der Waals surface area contributed by atoms with E-state index in [0.29, 0.717) is 29.7 Å². The average molecular weight is 370 g/mol. The molecule has 1 aromatic heterocycles. The minimum atomic E-state index is -1.28. The Morgan fingerprint density at radius 3 is 2.60 bits per heavy atom. The summed E-state index contributed by atoms with van der Waals surface area (Å²) in [7, 11) is 0. The molecule has 0 N–H and O–H groups in total. The molecule has 0 saturated carbocycles. The van der Waals surface area contributed by atoms with Crippen molar-refractivity contribution in [3.63, 3.8) is 0 Å². The molecule has 0 fully saturated rings. The van der Waals surface area contributed by atoms with E-state index in [1.807, 2.05) is 12.1 Å². The van der Waals surface area contributed by atoms with Crippen LogP contribution in [0, 0.1) is 5.92 Å². The van der Waals surface area contributed by atoms with Gasteiger partial charge < -0.3 is 14.6 Å². The van der Waals surface area contributed by atoms with Crippen molar-refractivity contribution in [1.82, 2.24) is 4.98 Å². The molecule has 1 aromatic carbocycles. The quantitative estimate of drug-likeness (QED) is 0.636. The number of ether oxygens (including phenoxy) is 1. The zero-order valence-corrected chi connectivity index (χ0v) is 17.7. The second-order valence-electron chi connectivity index (χ2n) is 5.72. The normalized spacial score (nSPS) is 10.4. The number of halogens is 1. The predicted octanol–water partition coefficient (Wildman–Crippen LogP) is 0.508. The summed E-state index contributed by atoms with van der Waals surface area (Å²) >= 11 is 6.10. The summed E-state index contributed by atoms with van der Waals surface area (Å²) in [6.07, 6.45) is 2.57. The van der Waals surface area contributed by atoms with Crippen LogP contribution in [0.2, 0.25) is 5.02 Å². The minimum Gasteiger partial charge on any atom is -0.543 e. The maximum Gasteiger partial charge on any atom is 1.00 e. The number of carbonyl (C=O) groups is 1. The van der Waals surface area contributed by atoms with Crippen molar-refractivity contribution in [3.8, 4) is 5.75 Å². The number of carboxylic acids is 1. The Balaban J connectivity index is 0.00000312. The number of rotatable bonds is 8. The Bertz CT molecular complexity index is 705. The number of benzene rings is 1. The molecule has 25 heavy (non-hydrogen) atoms. The second-order valence-corrected chi connectivity index (χ2v) is 6.16. The van der Waals surface area contributed by atoms with E-state index < -0.39 is 5.97 Å². The Morgan fingerprint density at radius 2 is 1.96 bits per heavy atom. The number of pyridine rings is 1. The number of hydrogen-bond acceptors (Lipinski definition) is 4. The van der Waals surface area contributed by atoms with Gasteiger partial charge in [-0.1, -0.05) is 44.4 Å². The van der Waals surface area contributed by atoms with Crippen molar-refractivity contribution < 1.29 is 44.2 Å². The molecule has 4 nitrogen and oxygen atoms in total. The second kappa shape index (κ2) is 10.8. The van der Waals surface area contributed by atoms with Crippen LogP contribution in [0.5, 0.6) is 5.75 Å². The van der Waals surface area contributed by atoms with Crippen LogP contribution >= 0.6 is 11.6 Å². The molecule has 0 radical (unpaired) electrons. The maximum absolute atomic E-state index is 11.0. The fourth-order valence-electron chi connectivity index (χ4n) is 2.45. The zero-order valence-electron chi connectivity index (χ0n) is 14.9. The Hall–Kier alpha value is -1.07. The molecule has 0 aliphatic heterocycles. The Kier molecular flexibility index (Phi) is 9.51. The minimum absolute atomic E-state index is 0. The monoisotopic (exact) mass is 369 g/mol. The third-order valence-corrected chi connectivity index (χ3v) is 4.27. The molecule has 0 atom stereocenters. The predicted molar refractivity (Wildman–Crippen MR) is 92.4 cm³/mol. The number of hydrogen-bond donors (Lipinski definition) is 0. The Morgan fingerprint density at radius 1 is 1.24 bits per heavy atom. The van der Waals surface area contributed by atoms with E-state index in [1.54, 1.807) is 18.2 Å². The van der Waals surface area contributed by atoms with Gasteiger partial charge in [-0.15, -0.1) is 0 Å². The fraction of sp³-hybridized carbons (Fsp3) is 0.368. The van der Waals surface area contributed by atoms with Crippen LogP contribution in [0.15, 0.2) is 36.4 Å². The molecule has 0 aliphatic rings. The Labute approximate surface area is 175 Å². The van der Waals surface area contributed by atoms with Crippen molar-refractivity contribution in [2.24, 2.45) is 5.92 Å². The molecule has 2 rings (SSSR count). The van der Waals surface area contributed by atoms with Crippen LogP contribution in [0.3, 0.4) is 0 Å². The van der Waals surface area contributed by atoms with Crippen LogP contribution < -0.4 is 39.4 Å². The van der Waals surface area contributed by atoms with Gasteiger partial charge in [0.15, 0.2) is 0 Å². The molecule has 0 bridgehead atoms. The molecular formula is C19H21ClNNaO3. The SMILES string of the molecule is CCC(CC)COc1ccc(Cl)cc1Cc1cccc(C(=O)[O-])n1.[Na+]. The summed E-state index contributed by atoms with van der Waals surface area (Å²) in [4.78, 5) is 15.1. The van der Waals surface area contributed by atoms with Gasteiger partial charge in [-0.3, -0.25) is 4.98 Å². The van der Waals surface area contributed by atoms with E-state index >= 15 is 0 Å². The molecule has 0 saturated heterocycles. The molecule has 0 spiro atoms. The number of aromatic nitrogens is 1. The van der Waals surface area contributed by atoms with Crippen LogP contribution in [-0.2, 0) is 6.42 Å². The summed E-state index contributed by atoms with van der Waals surface area (Å²) in [6, 6.07) is 10.3. The van der Waals surface area contributed by atoms with Gasteiger partial charge in [0.2, 0.25) is 0 Å². The molecule has 0 unspecified atom stereocenters. The first-order valence-corrected chi connectivity index (χ1v) is 8.49. The summed E-state index contributed by atoms with van der Waals surface area (Å²) in [5.41, 5.74) is 1.44. The smallest absolute Gasteiger partial charge is 0.543 e. The number of carbonyl (C=O) groups excluding carboxylic acids is 1. The molecule has 0 amide bonds. The molecule has 2 aromatic rings. The van der Waals surface area contributed by atoms with Gasteiger partial charge in [-0.05, 0) is 36.2 Å². The van der Waals surface area contributed by atoms with Crippen LogP contribution in [0.25, 0.3) is 0 Å². The van der Waals surface area contributed by atoms with Crippen LogP contribution in [0.4, 0.5) is 0 Å². The van der Waals surface area contributed by atoms with Gasteiger partial charge in [0.05, 0.1) is 18.3 Å². The van der Waals surface area contributed by atoms with Crippen LogP contribution in [-0.4, -0.2) is 17.6 Å². The van der Waals surface area contributed by atoms with Gasteiger partial charge >= 0.3 is 29.6 Å². The molecule has 128 valence electrons. The van der Waals surface area contributed by atoms with Crippen molar-refractivity contribution in [1.29, 1.82) is 0 Å². The largest absolute Gasteiger partial charge is 1.00 e. The van der Waals surface area contributed by atoms with Gasteiger partial charge in [0.1, 0.15) is 5.75 Å². The van der Waals surface area contributed by atoms with E-state index in [0.717, 1.165) is 24.2 Å². The van der Waals surface area contributed by atoms with Crippen molar-refractivity contribution in [2.45, 2.75) is 33.1 Å². The number of carboxylic acid groups (broad SMARTS) is 1. The van der Waals surface area contributed by atoms with Crippen LogP contribution in [0.1, 0.15) is 48.4 Å². The first-order chi connectivity index (χ1) is 11.5. The van der Waals surface area contributed by atoms with E-state index in [9.17, 15) is 9.90 Å². The van der Waals surface area contributed by atoms with E-state index in [-0.39, 0.29) is 35.3 Å². The van der Waals surface area contributed by atoms with E-state index in [4.69, 9.17) is 16.3 Å². The van der Waals surface area contributed by atoms with E-state index in [2.05, 4.69) is 18.8 Å².